The second kappa shape index (κ2) is 6.93. The Kier molecular flexibility index (Phi) is 5.22. The lowest BCUT2D eigenvalue weighted by Crippen LogP contribution is -2.32. The van der Waals surface area contributed by atoms with E-state index < -0.39 is 0 Å². The molecule has 0 spiro atoms. The fourth-order valence-corrected chi connectivity index (χ4v) is 2.95. The highest BCUT2D eigenvalue weighted by atomic mass is 35.5. The Morgan fingerprint density at radius 3 is 2.90 bits per heavy atom. The number of nitrogen functional groups attached to an aromatic ring is 1. The van der Waals surface area contributed by atoms with Crippen LogP contribution in [0.4, 0.5) is 11.4 Å². The van der Waals surface area contributed by atoms with Crippen LogP contribution >= 0.6 is 22.9 Å². The van der Waals surface area contributed by atoms with Gasteiger partial charge < -0.3 is 11.1 Å². The molecular weight excluding hydrogens is 306 g/mol. The number of anilines is 2. The molecule has 0 saturated heterocycles. The molecular formula is C15H18ClN3OS. The van der Waals surface area contributed by atoms with Crippen molar-refractivity contribution in [1.29, 1.82) is 0 Å². The lowest BCUT2D eigenvalue weighted by molar-refractivity contribution is -0.117. The molecule has 1 amide bonds. The highest BCUT2D eigenvalue weighted by molar-refractivity contribution is 7.10. The van der Waals surface area contributed by atoms with Crippen LogP contribution in [0.15, 0.2) is 35.7 Å². The second-order valence-corrected chi connectivity index (χ2v) is 6.28. The number of carbonyl (C=O) groups is 1. The maximum Gasteiger partial charge on any atom is 0.238 e. The fourth-order valence-electron chi connectivity index (χ4n) is 1.94. The molecule has 0 bridgehead atoms. The van der Waals surface area contributed by atoms with Crippen molar-refractivity contribution in [3.8, 4) is 0 Å². The summed E-state index contributed by atoms with van der Waals surface area (Å²) in [5.74, 6) is -0.117. The summed E-state index contributed by atoms with van der Waals surface area (Å²) in [6, 6.07) is 9.29. The molecule has 1 unspecified atom stereocenters. The summed E-state index contributed by atoms with van der Waals surface area (Å²) in [7, 11) is 1.92. The minimum Gasteiger partial charge on any atom is -0.399 e. The van der Waals surface area contributed by atoms with Crippen molar-refractivity contribution in [3.05, 3.63) is 45.6 Å². The minimum atomic E-state index is -0.117. The van der Waals surface area contributed by atoms with Crippen LogP contribution in [0, 0.1) is 0 Å². The number of thiophene rings is 1. The van der Waals surface area contributed by atoms with Crippen molar-refractivity contribution in [1.82, 2.24) is 4.90 Å². The molecule has 3 N–H and O–H groups in total. The summed E-state index contributed by atoms with van der Waals surface area (Å²) in [6.07, 6.45) is 0. The number of likely N-dealkylation sites (N-methyl/N-ethyl adjacent to an activating group) is 1. The molecule has 2 aromatic rings. The molecule has 1 aromatic carbocycles. The smallest absolute Gasteiger partial charge is 0.238 e. The molecule has 0 aliphatic carbocycles. The average molecular weight is 324 g/mol. The topological polar surface area (TPSA) is 58.4 Å². The third-order valence-corrected chi connectivity index (χ3v) is 4.65. The molecule has 4 nitrogen and oxygen atoms in total. The molecule has 1 heterocycles. The number of rotatable bonds is 5. The molecule has 2 rings (SSSR count). The van der Waals surface area contributed by atoms with E-state index in [9.17, 15) is 4.79 Å². The van der Waals surface area contributed by atoms with Crippen LogP contribution in [0.25, 0.3) is 0 Å². The van der Waals surface area contributed by atoms with Crippen LogP contribution in [-0.4, -0.2) is 24.4 Å². The van der Waals surface area contributed by atoms with Crippen LogP contribution in [0.3, 0.4) is 0 Å². The van der Waals surface area contributed by atoms with Gasteiger partial charge in [0, 0.05) is 16.6 Å². The Balaban J connectivity index is 1.96. The molecule has 0 saturated carbocycles. The zero-order chi connectivity index (χ0) is 15.4. The van der Waals surface area contributed by atoms with Crippen LogP contribution in [0.5, 0.6) is 0 Å². The molecule has 6 heteroatoms. The van der Waals surface area contributed by atoms with Crippen molar-refractivity contribution in [3.63, 3.8) is 0 Å². The van der Waals surface area contributed by atoms with Gasteiger partial charge in [-0.25, -0.2) is 0 Å². The van der Waals surface area contributed by atoms with Crippen molar-refractivity contribution < 1.29 is 4.79 Å². The van der Waals surface area contributed by atoms with Crippen LogP contribution in [0.2, 0.25) is 5.02 Å². The first-order valence-electron chi connectivity index (χ1n) is 6.56. The fraction of sp³-hybridized carbons (Fsp3) is 0.267. The first-order valence-corrected chi connectivity index (χ1v) is 7.81. The van der Waals surface area contributed by atoms with Gasteiger partial charge in [-0.15, -0.1) is 11.3 Å². The number of halogens is 1. The van der Waals surface area contributed by atoms with Gasteiger partial charge in [-0.1, -0.05) is 17.7 Å². The molecule has 0 radical (unpaired) electrons. The largest absolute Gasteiger partial charge is 0.399 e. The lowest BCUT2D eigenvalue weighted by Gasteiger charge is -2.23. The number of benzene rings is 1. The third-order valence-electron chi connectivity index (χ3n) is 3.27. The van der Waals surface area contributed by atoms with Gasteiger partial charge in [-0.3, -0.25) is 9.69 Å². The van der Waals surface area contributed by atoms with Gasteiger partial charge >= 0.3 is 0 Å². The van der Waals surface area contributed by atoms with E-state index in [-0.39, 0.29) is 18.5 Å². The summed E-state index contributed by atoms with van der Waals surface area (Å²) in [4.78, 5) is 15.3. The highest BCUT2D eigenvalue weighted by Gasteiger charge is 2.16. The average Bonchev–Trinajstić information content (AvgIpc) is 2.96. The summed E-state index contributed by atoms with van der Waals surface area (Å²) in [5, 5.41) is 5.31. The Morgan fingerprint density at radius 2 is 2.24 bits per heavy atom. The zero-order valence-electron chi connectivity index (χ0n) is 12.0. The first kappa shape index (κ1) is 15.8. The molecule has 0 aliphatic heterocycles. The zero-order valence-corrected chi connectivity index (χ0v) is 13.5. The van der Waals surface area contributed by atoms with E-state index in [1.54, 1.807) is 29.5 Å². The van der Waals surface area contributed by atoms with Gasteiger partial charge in [-0.2, -0.15) is 0 Å². The van der Waals surface area contributed by atoms with Gasteiger partial charge in [0.05, 0.1) is 17.3 Å². The maximum absolute atomic E-state index is 12.1. The van der Waals surface area contributed by atoms with E-state index in [0.29, 0.717) is 16.4 Å². The van der Waals surface area contributed by atoms with E-state index >= 15 is 0 Å². The highest BCUT2D eigenvalue weighted by Crippen LogP contribution is 2.25. The molecule has 1 atom stereocenters. The molecule has 0 aliphatic rings. The van der Waals surface area contributed by atoms with Crippen molar-refractivity contribution in [2.45, 2.75) is 13.0 Å². The number of amides is 1. The standard InChI is InChI=1S/C15H18ClN3OS/c1-10(14-4-3-7-21-14)19(2)9-15(20)18-13-8-11(17)5-6-12(13)16/h3-8,10H,9,17H2,1-2H3,(H,18,20). The second-order valence-electron chi connectivity index (χ2n) is 4.89. The molecule has 0 fully saturated rings. The Labute approximate surface area is 133 Å². The maximum atomic E-state index is 12.1. The Morgan fingerprint density at radius 1 is 1.48 bits per heavy atom. The SMILES string of the molecule is CC(c1cccs1)N(C)CC(=O)Nc1cc(N)ccc1Cl. The number of hydrogen-bond acceptors (Lipinski definition) is 4. The molecule has 112 valence electrons. The van der Waals surface area contributed by atoms with Crippen LogP contribution in [-0.2, 0) is 4.79 Å². The van der Waals surface area contributed by atoms with Crippen molar-refractivity contribution in [2.24, 2.45) is 0 Å². The predicted molar refractivity (Wildman–Crippen MR) is 89.9 cm³/mol. The number of nitrogens with one attached hydrogen (secondary N) is 1. The number of hydrogen-bond donors (Lipinski definition) is 2. The summed E-state index contributed by atoms with van der Waals surface area (Å²) >= 11 is 7.72. The van der Waals surface area contributed by atoms with Crippen molar-refractivity contribution in [2.75, 3.05) is 24.6 Å². The Hall–Kier alpha value is -1.56. The van der Waals surface area contributed by atoms with Gasteiger partial charge in [-0.05, 0) is 43.6 Å². The lowest BCUT2D eigenvalue weighted by atomic mass is 10.2. The quantitative estimate of drug-likeness (QED) is 0.826. The van der Waals surface area contributed by atoms with E-state index in [4.69, 9.17) is 17.3 Å². The summed E-state index contributed by atoms with van der Waals surface area (Å²) < 4.78 is 0. The molecule has 1 aromatic heterocycles. The van der Waals surface area contributed by atoms with Gasteiger partial charge in [0.15, 0.2) is 0 Å². The Bertz CT molecular complexity index is 615. The summed E-state index contributed by atoms with van der Waals surface area (Å²) in [6.45, 7) is 2.36. The van der Waals surface area contributed by atoms with Crippen molar-refractivity contribution >= 4 is 40.2 Å². The monoisotopic (exact) mass is 323 g/mol. The van der Waals surface area contributed by atoms with E-state index in [0.717, 1.165) is 0 Å². The minimum absolute atomic E-state index is 0.117. The van der Waals surface area contributed by atoms with E-state index in [1.807, 2.05) is 23.4 Å². The number of nitrogens with zero attached hydrogens (tertiary/aromatic N) is 1. The third kappa shape index (κ3) is 4.20. The van der Waals surface area contributed by atoms with E-state index in [2.05, 4.69) is 18.3 Å². The van der Waals surface area contributed by atoms with Crippen LogP contribution < -0.4 is 11.1 Å². The normalized spacial score (nSPS) is 12.4. The van der Waals surface area contributed by atoms with E-state index in [1.165, 1.54) is 4.88 Å². The summed E-state index contributed by atoms with van der Waals surface area (Å²) in [5.41, 5.74) is 6.80. The first-order chi connectivity index (χ1) is 9.97. The number of nitrogens with two attached hydrogens (primary N) is 1. The molecule has 21 heavy (non-hydrogen) atoms. The van der Waals surface area contributed by atoms with Crippen LogP contribution in [0.1, 0.15) is 17.8 Å². The van der Waals surface area contributed by atoms with Gasteiger partial charge in [0.25, 0.3) is 0 Å². The number of carbonyl (C=O) groups excluding carboxylic acids is 1. The predicted octanol–water partition coefficient (Wildman–Crippen LogP) is 3.62. The van der Waals surface area contributed by atoms with Gasteiger partial charge in [0.2, 0.25) is 5.91 Å². The van der Waals surface area contributed by atoms with Gasteiger partial charge in [0.1, 0.15) is 0 Å².